The molecule has 0 radical (unpaired) electrons. The van der Waals surface area contributed by atoms with Crippen molar-refractivity contribution in [2.24, 2.45) is 0 Å². The summed E-state index contributed by atoms with van der Waals surface area (Å²) in [6.07, 6.45) is 7.13. The molecule has 1 atom stereocenters. The molecule has 1 unspecified atom stereocenters. The summed E-state index contributed by atoms with van der Waals surface area (Å²) in [7, 11) is 0. The molecule has 0 bridgehead atoms. The third-order valence-corrected chi connectivity index (χ3v) is 4.63. The highest BCUT2D eigenvalue weighted by molar-refractivity contribution is 5.81. The Morgan fingerprint density at radius 3 is 2.54 bits per heavy atom. The standard InChI is InChI=1S/C17H21N5O2/c23-17(14-4-3-11-24-14)22-9-7-21(8-10-22)16-12-15(18-13-19-16)20-5-1-2-6-20/h1-2,5-6,12-14H,3-4,7-11H2. The van der Waals surface area contributed by atoms with E-state index in [-0.39, 0.29) is 12.0 Å². The van der Waals surface area contributed by atoms with Gasteiger partial charge in [0.2, 0.25) is 0 Å². The number of carbonyl (C=O) groups is 1. The second kappa shape index (κ2) is 6.60. The minimum Gasteiger partial charge on any atom is -0.368 e. The molecule has 4 rings (SSSR count). The van der Waals surface area contributed by atoms with E-state index in [0.29, 0.717) is 19.7 Å². The summed E-state index contributed by atoms with van der Waals surface area (Å²) >= 11 is 0. The van der Waals surface area contributed by atoms with Crippen LogP contribution in [0.4, 0.5) is 5.82 Å². The first kappa shape index (κ1) is 15.1. The van der Waals surface area contributed by atoms with Crippen LogP contribution in [-0.2, 0) is 9.53 Å². The summed E-state index contributed by atoms with van der Waals surface area (Å²) in [6.45, 7) is 3.68. The van der Waals surface area contributed by atoms with Crippen LogP contribution in [0.25, 0.3) is 5.82 Å². The summed E-state index contributed by atoms with van der Waals surface area (Å²) in [4.78, 5) is 25.2. The van der Waals surface area contributed by atoms with Crippen LogP contribution < -0.4 is 4.90 Å². The largest absolute Gasteiger partial charge is 0.368 e. The molecule has 0 saturated carbocycles. The van der Waals surface area contributed by atoms with Crippen LogP contribution in [0.3, 0.4) is 0 Å². The molecule has 2 fully saturated rings. The van der Waals surface area contributed by atoms with Gasteiger partial charge in [-0.25, -0.2) is 9.97 Å². The Balaban J connectivity index is 1.41. The van der Waals surface area contributed by atoms with Gasteiger partial charge in [-0.1, -0.05) is 0 Å². The Hall–Kier alpha value is -2.41. The Morgan fingerprint density at radius 2 is 1.83 bits per heavy atom. The van der Waals surface area contributed by atoms with E-state index < -0.39 is 0 Å². The Kier molecular flexibility index (Phi) is 4.17. The summed E-state index contributed by atoms with van der Waals surface area (Å²) in [5.74, 6) is 1.89. The monoisotopic (exact) mass is 327 g/mol. The third kappa shape index (κ3) is 2.99. The van der Waals surface area contributed by atoms with Crippen LogP contribution in [-0.4, -0.2) is 64.2 Å². The van der Waals surface area contributed by atoms with E-state index in [1.807, 2.05) is 40.1 Å². The van der Waals surface area contributed by atoms with Crippen molar-refractivity contribution in [3.05, 3.63) is 36.9 Å². The van der Waals surface area contributed by atoms with E-state index in [1.54, 1.807) is 6.33 Å². The number of amides is 1. The second-order valence-electron chi connectivity index (χ2n) is 6.14. The average Bonchev–Trinajstić information content (AvgIpc) is 3.35. The fourth-order valence-corrected chi connectivity index (χ4v) is 3.27. The smallest absolute Gasteiger partial charge is 0.251 e. The molecule has 2 saturated heterocycles. The van der Waals surface area contributed by atoms with Gasteiger partial charge in [0.05, 0.1) is 0 Å². The van der Waals surface area contributed by atoms with Crippen molar-refractivity contribution in [3.8, 4) is 5.82 Å². The number of carbonyl (C=O) groups excluding carboxylic acids is 1. The zero-order chi connectivity index (χ0) is 16.4. The predicted molar refractivity (Wildman–Crippen MR) is 89.1 cm³/mol. The maximum Gasteiger partial charge on any atom is 0.251 e. The highest BCUT2D eigenvalue weighted by Crippen LogP contribution is 2.19. The zero-order valence-corrected chi connectivity index (χ0v) is 13.5. The third-order valence-electron chi connectivity index (χ3n) is 4.63. The van der Waals surface area contributed by atoms with Crippen molar-refractivity contribution in [1.29, 1.82) is 0 Å². The molecule has 2 aliphatic rings. The summed E-state index contributed by atoms with van der Waals surface area (Å²) < 4.78 is 7.47. The van der Waals surface area contributed by atoms with Gasteiger partial charge in [0.1, 0.15) is 24.1 Å². The molecule has 4 heterocycles. The van der Waals surface area contributed by atoms with Crippen molar-refractivity contribution < 1.29 is 9.53 Å². The van der Waals surface area contributed by atoms with Crippen molar-refractivity contribution >= 4 is 11.7 Å². The van der Waals surface area contributed by atoms with Gasteiger partial charge < -0.3 is 19.1 Å². The van der Waals surface area contributed by atoms with E-state index in [4.69, 9.17) is 4.74 Å². The molecule has 126 valence electrons. The number of anilines is 1. The molecule has 7 nitrogen and oxygen atoms in total. The minimum atomic E-state index is -0.226. The number of rotatable bonds is 3. The minimum absolute atomic E-state index is 0.142. The highest BCUT2D eigenvalue weighted by atomic mass is 16.5. The lowest BCUT2D eigenvalue weighted by Gasteiger charge is -2.36. The van der Waals surface area contributed by atoms with Crippen LogP contribution in [0.5, 0.6) is 0 Å². The summed E-state index contributed by atoms with van der Waals surface area (Å²) in [5.41, 5.74) is 0. The molecule has 0 aromatic carbocycles. The van der Waals surface area contributed by atoms with Gasteiger partial charge in [-0.15, -0.1) is 0 Å². The van der Waals surface area contributed by atoms with Crippen molar-refractivity contribution in [2.75, 3.05) is 37.7 Å². The molecule has 2 aliphatic heterocycles. The summed E-state index contributed by atoms with van der Waals surface area (Å²) in [5, 5.41) is 0. The van der Waals surface area contributed by atoms with Gasteiger partial charge in [-0.2, -0.15) is 0 Å². The first-order valence-electron chi connectivity index (χ1n) is 8.42. The van der Waals surface area contributed by atoms with Gasteiger partial charge in [0.15, 0.2) is 0 Å². The van der Waals surface area contributed by atoms with Crippen LogP contribution in [0.15, 0.2) is 36.9 Å². The fraction of sp³-hybridized carbons (Fsp3) is 0.471. The van der Waals surface area contributed by atoms with E-state index in [2.05, 4.69) is 14.9 Å². The Labute approximate surface area is 140 Å². The summed E-state index contributed by atoms with van der Waals surface area (Å²) in [6, 6.07) is 5.92. The SMILES string of the molecule is O=C(C1CCCO1)N1CCN(c2cc(-n3cccc3)ncn2)CC1. The normalized spacial score (nSPS) is 21.2. The van der Waals surface area contributed by atoms with Gasteiger partial charge in [0.25, 0.3) is 5.91 Å². The second-order valence-corrected chi connectivity index (χ2v) is 6.14. The van der Waals surface area contributed by atoms with E-state index in [0.717, 1.165) is 37.6 Å². The van der Waals surface area contributed by atoms with Crippen molar-refractivity contribution in [3.63, 3.8) is 0 Å². The van der Waals surface area contributed by atoms with Gasteiger partial charge in [-0.05, 0) is 25.0 Å². The number of piperazine rings is 1. The molecule has 0 spiro atoms. The molecule has 2 aromatic heterocycles. The highest BCUT2D eigenvalue weighted by Gasteiger charge is 2.30. The van der Waals surface area contributed by atoms with Crippen molar-refractivity contribution in [2.45, 2.75) is 18.9 Å². The fourth-order valence-electron chi connectivity index (χ4n) is 3.27. The van der Waals surface area contributed by atoms with E-state index >= 15 is 0 Å². The molecule has 2 aromatic rings. The van der Waals surface area contributed by atoms with Crippen LogP contribution >= 0.6 is 0 Å². The maximum atomic E-state index is 12.4. The molecular weight excluding hydrogens is 306 g/mol. The predicted octanol–water partition coefficient (Wildman–Crippen LogP) is 1.09. The molecule has 1 amide bonds. The number of aromatic nitrogens is 3. The Morgan fingerprint density at radius 1 is 1.08 bits per heavy atom. The quantitative estimate of drug-likeness (QED) is 0.844. The first-order chi connectivity index (χ1) is 11.8. The lowest BCUT2D eigenvalue weighted by molar-refractivity contribution is -0.141. The number of hydrogen-bond acceptors (Lipinski definition) is 5. The number of hydrogen-bond donors (Lipinski definition) is 0. The van der Waals surface area contributed by atoms with Crippen LogP contribution in [0.2, 0.25) is 0 Å². The molecule has 24 heavy (non-hydrogen) atoms. The topological polar surface area (TPSA) is 63.5 Å². The van der Waals surface area contributed by atoms with Crippen LogP contribution in [0.1, 0.15) is 12.8 Å². The maximum absolute atomic E-state index is 12.4. The number of nitrogens with zero attached hydrogens (tertiary/aromatic N) is 5. The molecular formula is C17H21N5O2. The number of ether oxygens (including phenoxy) is 1. The van der Waals surface area contributed by atoms with Crippen LogP contribution in [0, 0.1) is 0 Å². The lowest BCUT2D eigenvalue weighted by atomic mass is 10.2. The Bertz CT molecular complexity index is 689. The van der Waals surface area contributed by atoms with Crippen molar-refractivity contribution in [1.82, 2.24) is 19.4 Å². The molecule has 0 N–H and O–H groups in total. The zero-order valence-electron chi connectivity index (χ0n) is 13.5. The van der Waals surface area contributed by atoms with Gasteiger partial charge in [-0.3, -0.25) is 4.79 Å². The van der Waals surface area contributed by atoms with E-state index in [1.165, 1.54) is 0 Å². The molecule has 7 heteroatoms. The average molecular weight is 327 g/mol. The molecule has 0 aliphatic carbocycles. The van der Waals surface area contributed by atoms with Gasteiger partial charge in [0, 0.05) is 51.2 Å². The van der Waals surface area contributed by atoms with Gasteiger partial charge >= 0.3 is 0 Å². The first-order valence-corrected chi connectivity index (χ1v) is 8.42. The lowest BCUT2D eigenvalue weighted by Crippen LogP contribution is -2.51. The van der Waals surface area contributed by atoms with E-state index in [9.17, 15) is 4.79 Å².